The van der Waals surface area contributed by atoms with Crippen LogP contribution >= 0.6 is 12.4 Å². The third kappa shape index (κ3) is 3.91. The van der Waals surface area contributed by atoms with Crippen molar-refractivity contribution in [1.29, 1.82) is 0 Å². The van der Waals surface area contributed by atoms with Gasteiger partial charge < -0.3 is 10.6 Å². The van der Waals surface area contributed by atoms with Crippen molar-refractivity contribution in [3.8, 4) is 0 Å². The summed E-state index contributed by atoms with van der Waals surface area (Å²) >= 11 is 0. The number of nitrogens with one attached hydrogen (secondary N) is 2. The number of halogens is 1. The van der Waals surface area contributed by atoms with Crippen molar-refractivity contribution in [2.24, 2.45) is 5.92 Å². The lowest BCUT2D eigenvalue weighted by Crippen LogP contribution is -2.27. The van der Waals surface area contributed by atoms with Crippen LogP contribution in [0.2, 0.25) is 0 Å². The van der Waals surface area contributed by atoms with E-state index in [0.29, 0.717) is 0 Å². The lowest BCUT2D eigenvalue weighted by molar-refractivity contribution is 0.0950. The number of amides is 1. The smallest absolute Gasteiger partial charge is 0.251 e. The Kier molecular flexibility index (Phi) is 5.92. The molecule has 1 aliphatic heterocycles. The predicted octanol–water partition coefficient (Wildman–Crippen LogP) is 3.78. The first-order valence-electron chi connectivity index (χ1n) is 7.98. The minimum atomic E-state index is 0. The van der Waals surface area contributed by atoms with Gasteiger partial charge in [-0.25, -0.2) is 0 Å². The monoisotopic (exact) mass is 308 g/mol. The maximum Gasteiger partial charge on any atom is 0.251 e. The molecule has 0 spiro atoms. The summed E-state index contributed by atoms with van der Waals surface area (Å²) in [6.07, 6.45) is 8.70. The van der Waals surface area contributed by atoms with E-state index in [2.05, 4.69) is 16.7 Å². The molecule has 2 aliphatic rings. The van der Waals surface area contributed by atoms with Gasteiger partial charge in [0.15, 0.2) is 0 Å². The average Bonchev–Trinajstić information content (AvgIpc) is 3.00. The molecular weight excluding hydrogens is 284 g/mol. The van der Waals surface area contributed by atoms with Crippen LogP contribution in [-0.4, -0.2) is 19.0 Å². The zero-order valence-electron chi connectivity index (χ0n) is 12.5. The van der Waals surface area contributed by atoms with Gasteiger partial charge in [0.1, 0.15) is 0 Å². The molecule has 4 heteroatoms. The van der Waals surface area contributed by atoms with Crippen LogP contribution in [0.4, 0.5) is 5.69 Å². The number of hydrogen-bond donors (Lipinski definition) is 2. The van der Waals surface area contributed by atoms with Crippen molar-refractivity contribution in [2.75, 3.05) is 18.4 Å². The van der Waals surface area contributed by atoms with Gasteiger partial charge in [0.25, 0.3) is 5.91 Å². The van der Waals surface area contributed by atoms with Gasteiger partial charge in [0.05, 0.1) is 0 Å². The van der Waals surface area contributed by atoms with E-state index in [9.17, 15) is 4.79 Å². The molecule has 0 radical (unpaired) electrons. The number of fused-ring (bicyclic) bond motifs is 1. The number of carbonyl (C=O) groups is 1. The Balaban J connectivity index is 0.00000161. The number of carbonyl (C=O) groups excluding carboxylic acids is 1. The highest BCUT2D eigenvalue weighted by atomic mass is 35.5. The third-order valence-corrected chi connectivity index (χ3v) is 4.65. The summed E-state index contributed by atoms with van der Waals surface area (Å²) in [6, 6.07) is 6.00. The van der Waals surface area contributed by atoms with Crippen molar-refractivity contribution in [3.63, 3.8) is 0 Å². The Hall–Kier alpha value is -1.22. The predicted molar refractivity (Wildman–Crippen MR) is 89.4 cm³/mol. The molecule has 0 aromatic heterocycles. The van der Waals surface area contributed by atoms with E-state index in [1.807, 2.05) is 12.1 Å². The van der Waals surface area contributed by atoms with E-state index < -0.39 is 0 Å². The molecule has 116 valence electrons. The molecule has 1 amide bonds. The topological polar surface area (TPSA) is 41.1 Å². The maximum absolute atomic E-state index is 12.4. The van der Waals surface area contributed by atoms with Crippen molar-refractivity contribution >= 4 is 24.0 Å². The van der Waals surface area contributed by atoms with E-state index in [4.69, 9.17) is 0 Å². The van der Waals surface area contributed by atoms with E-state index in [-0.39, 0.29) is 18.3 Å². The third-order valence-electron chi connectivity index (χ3n) is 4.65. The van der Waals surface area contributed by atoms with Gasteiger partial charge in [0, 0.05) is 24.3 Å². The highest BCUT2D eigenvalue weighted by Gasteiger charge is 2.18. The summed E-state index contributed by atoms with van der Waals surface area (Å²) in [4.78, 5) is 12.4. The van der Waals surface area contributed by atoms with Gasteiger partial charge in [0.2, 0.25) is 0 Å². The second-order valence-corrected chi connectivity index (χ2v) is 6.06. The van der Waals surface area contributed by atoms with Crippen LogP contribution in [0.1, 0.15) is 54.4 Å². The van der Waals surface area contributed by atoms with Crippen LogP contribution in [0.5, 0.6) is 0 Å². The molecule has 1 heterocycles. The molecule has 0 saturated heterocycles. The zero-order chi connectivity index (χ0) is 13.8. The highest BCUT2D eigenvalue weighted by Crippen LogP contribution is 2.27. The minimum absolute atomic E-state index is 0. The summed E-state index contributed by atoms with van der Waals surface area (Å²) in [5.74, 6) is 0.935. The Bertz CT molecular complexity index is 484. The number of anilines is 1. The number of benzene rings is 1. The van der Waals surface area contributed by atoms with Crippen LogP contribution in [0, 0.1) is 5.92 Å². The summed E-state index contributed by atoms with van der Waals surface area (Å²) < 4.78 is 0. The minimum Gasteiger partial charge on any atom is -0.385 e. The molecule has 1 aliphatic carbocycles. The van der Waals surface area contributed by atoms with Crippen LogP contribution in [0.25, 0.3) is 0 Å². The fraction of sp³-hybridized carbons (Fsp3) is 0.588. The van der Waals surface area contributed by atoms with Gasteiger partial charge in [-0.3, -0.25) is 4.79 Å². The molecule has 1 aromatic carbocycles. The standard InChI is InChI=1S/C17H24N2O.ClH/c20-17(19-12-10-13-5-1-2-6-13)15-7-3-9-16-14(15)8-4-11-18-16;/h3,7,9,13,18H,1-2,4-6,8,10-12H2,(H,19,20);1H. The average molecular weight is 309 g/mol. The Morgan fingerprint density at radius 3 is 2.86 bits per heavy atom. The van der Waals surface area contributed by atoms with E-state index in [1.54, 1.807) is 0 Å². The van der Waals surface area contributed by atoms with Crippen LogP contribution in [-0.2, 0) is 6.42 Å². The summed E-state index contributed by atoms with van der Waals surface area (Å²) in [5.41, 5.74) is 3.19. The van der Waals surface area contributed by atoms with Crippen molar-refractivity contribution in [2.45, 2.75) is 44.9 Å². The fourth-order valence-corrected chi connectivity index (χ4v) is 3.51. The van der Waals surface area contributed by atoms with Gasteiger partial charge in [-0.1, -0.05) is 31.7 Å². The highest BCUT2D eigenvalue weighted by molar-refractivity contribution is 5.97. The second-order valence-electron chi connectivity index (χ2n) is 6.06. The van der Waals surface area contributed by atoms with Crippen molar-refractivity contribution in [3.05, 3.63) is 29.3 Å². The van der Waals surface area contributed by atoms with Gasteiger partial charge in [-0.15, -0.1) is 12.4 Å². The molecular formula is C17H25ClN2O. The number of hydrogen-bond acceptors (Lipinski definition) is 2. The molecule has 0 atom stereocenters. The van der Waals surface area contributed by atoms with Crippen molar-refractivity contribution in [1.82, 2.24) is 5.32 Å². The van der Waals surface area contributed by atoms with Crippen LogP contribution in [0.3, 0.4) is 0 Å². The SMILES string of the molecule is Cl.O=C(NCCC1CCCC1)c1cccc2c1CCCN2. The normalized spacial score (nSPS) is 17.5. The molecule has 1 aromatic rings. The fourth-order valence-electron chi connectivity index (χ4n) is 3.51. The first-order chi connectivity index (χ1) is 9.84. The second kappa shape index (κ2) is 7.69. The lowest BCUT2D eigenvalue weighted by atomic mass is 9.97. The van der Waals surface area contributed by atoms with E-state index in [0.717, 1.165) is 49.5 Å². The largest absolute Gasteiger partial charge is 0.385 e. The summed E-state index contributed by atoms with van der Waals surface area (Å²) in [7, 11) is 0. The molecule has 0 unspecified atom stereocenters. The first kappa shape index (κ1) is 16.2. The van der Waals surface area contributed by atoms with E-state index in [1.165, 1.54) is 31.2 Å². The summed E-state index contributed by atoms with van der Waals surface area (Å²) in [6.45, 7) is 1.83. The molecule has 3 nitrogen and oxygen atoms in total. The van der Waals surface area contributed by atoms with Crippen LogP contribution in [0.15, 0.2) is 18.2 Å². The van der Waals surface area contributed by atoms with Gasteiger partial charge in [-0.2, -0.15) is 0 Å². The maximum atomic E-state index is 12.4. The first-order valence-corrected chi connectivity index (χ1v) is 7.98. The molecule has 0 bridgehead atoms. The summed E-state index contributed by atoms with van der Waals surface area (Å²) in [5, 5.41) is 6.49. The molecule has 3 rings (SSSR count). The van der Waals surface area contributed by atoms with Gasteiger partial charge in [-0.05, 0) is 42.9 Å². The van der Waals surface area contributed by atoms with E-state index >= 15 is 0 Å². The molecule has 1 saturated carbocycles. The van der Waals surface area contributed by atoms with Crippen molar-refractivity contribution < 1.29 is 4.79 Å². The molecule has 1 fully saturated rings. The quantitative estimate of drug-likeness (QED) is 0.889. The lowest BCUT2D eigenvalue weighted by Gasteiger charge is -2.20. The molecule has 21 heavy (non-hydrogen) atoms. The Morgan fingerprint density at radius 2 is 2.05 bits per heavy atom. The molecule has 2 N–H and O–H groups in total. The van der Waals surface area contributed by atoms with Crippen LogP contribution < -0.4 is 10.6 Å². The van der Waals surface area contributed by atoms with Gasteiger partial charge >= 0.3 is 0 Å². The Labute approximate surface area is 133 Å². The zero-order valence-corrected chi connectivity index (χ0v) is 13.3. The number of rotatable bonds is 4. The Morgan fingerprint density at radius 1 is 1.24 bits per heavy atom.